The number of rotatable bonds is 6. The van der Waals surface area contributed by atoms with Gasteiger partial charge in [-0.05, 0) is 25.9 Å². The molecule has 4 heteroatoms. The van der Waals surface area contributed by atoms with Gasteiger partial charge in [0.25, 0.3) is 0 Å². The summed E-state index contributed by atoms with van der Waals surface area (Å²) in [5.41, 5.74) is 0. The van der Waals surface area contributed by atoms with E-state index in [-0.39, 0.29) is 0 Å². The highest BCUT2D eigenvalue weighted by Crippen LogP contribution is 2.08. The van der Waals surface area contributed by atoms with Crippen molar-refractivity contribution in [1.82, 2.24) is 15.1 Å². The number of thioether (sulfide) groups is 1. The van der Waals surface area contributed by atoms with Crippen LogP contribution in [0.15, 0.2) is 0 Å². The van der Waals surface area contributed by atoms with E-state index in [9.17, 15) is 0 Å². The third-order valence-electron chi connectivity index (χ3n) is 3.51. The highest BCUT2D eigenvalue weighted by atomic mass is 32.2. The molecule has 1 N–H and O–H groups in total. The summed E-state index contributed by atoms with van der Waals surface area (Å²) in [5, 5.41) is 3.57. The molecule has 2 saturated heterocycles. The first-order valence-corrected chi connectivity index (χ1v) is 7.84. The molecular formula is C12H25N3S. The molecule has 0 aliphatic carbocycles. The Morgan fingerprint density at radius 3 is 2.00 bits per heavy atom. The molecule has 0 saturated carbocycles. The molecule has 0 aromatic rings. The SMILES string of the molecule is C1CCN(CCNCCN2CCSCC2)C1. The van der Waals surface area contributed by atoms with Crippen molar-refractivity contribution in [3.63, 3.8) is 0 Å². The van der Waals surface area contributed by atoms with Gasteiger partial charge < -0.3 is 15.1 Å². The van der Waals surface area contributed by atoms with Crippen molar-refractivity contribution < 1.29 is 0 Å². The van der Waals surface area contributed by atoms with Gasteiger partial charge in [-0.25, -0.2) is 0 Å². The topological polar surface area (TPSA) is 18.5 Å². The molecule has 0 atom stereocenters. The van der Waals surface area contributed by atoms with E-state index < -0.39 is 0 Å². The van der Waals surface area contributed by atoms with Gasteiger partial charge in [0.2, 0.25) is 0 Å². The fraction of sp³-hybridized carbons (Fsp3) is 1.00. The number of likely N-dealkylation sites (tertiary alicyclic amines) is 1. The quantitative estimate of drug-likeness (QED) is 0.693. The molecule has 2 rings (SSSR count). The summed E-state index contributed by atoms with van der Waals surface area (Å²) in [6.45, 7) is 10.0. The van der Waals surface area contributed by atoms with Crippen LogP contribution >= 0.6 is 11.8 Å². The van der Waals surface area contributed by atoms with Crippen LogP contribution in [0.1, 0.15) is 12.8 Å². The first-order chi connectivity index (χ1) is 7.95. The van der Waals surface area contributed by atoms with E-state index in [0.29, 0.717) is 0 Å². The minimum Gasteiger partial charge on any atom is -0.314 e. The van der Waals surface area contributed by atoms with Crippen molar-refractivity contribution in [2.45, 2.75) is 12.8 Å². The van der Waals surface area contributed by atoms with E-state index in [1.165, 1.54) is 76.7 Å². The van der Waals surface area contributed by atoms with Gasteiger partial charge >= 0.3 is 0 Å². The maximum Gasteiger partial charge on any atom is 0.0108 e. The number of nitrogens with one attached hydrogen (secondary N) is 1. The first-order valence-electron chi connectivity index (χ1n) is 6.68. The first kappa shape index (κ1) is 12.7. The summed E-state index contributed by atoms with van der Waals surface area (Å²) in [6, 6.07) is 0. The van der Waals surface area contributed by atoms with E-state index >= 15 is 0 Å². The third-order valence-corrected chi connectivity index (χ3v) is 4.45. The molecule has 16 heavy (non-hydrogen) atoms. The maximum absolute atomic E-state index is 3.57. The zero-order valence-corrected chi connectivity index (χ0v) is 11.1. The van der Waals surface area contributed by atoms with Gasteiger partial charge in [0.15, 0.2) is 0 Å². The Bertz CT molecular complexity index is 177. The summed E-state index contributed by atoms with van der Waals surface area (Å²) < 4.78 is 0. The van der Waals surface area contributed by atoms with Gasteiger partial charge in [0.1, 0.15) is 0 Å². The molecule has 2 fully saturated rings. The normalized spacial score (nSPS) is 24.0. The Morgan fingerprint density at radius 2 is 1.38 bits per heavy atom. The molecular weight excluding hydrogens is 218 g/mol. The van der Waals surface area contributed by atoms with Crippen LogP contribution in [0.2, 0.25) is 0 Å². The molecule has 0 aromatic heterocycles. The molecule has 2 heterocycles. The van der Waals surface area contributed by atoms with Gasteiger partial charge in [-0.2, -0.15) is 11.8 Å². The minimum absolute atomic E-state index is 1.17. The Hall–Kier alpha value is 0.230. The molecule has 94 valence electrons. The number of hydrogen-bond acceptors (Lipinski definition) is 4. The van der Waals surface area contributed by atoms with Crippen molar-refractivity contribution >= 4 is 11.8 Å². The highest BCUT2D eigenvalue weighted by molar-refractivity contribution is 7.99. The van der Waals surface area contributed by atoms with Gasteiger partial charge in [-0.1, -0.05) is 0 Å². The van der Waals surface area contributed by atoms with E-state index in [0.717, 1.165) is 0 Å². The summed E-state index contributed by atoms with van der Waals surface area (Å²) in [4.78, 5) is 5.16. The van der Waals surface area contributed by atoms with Crippen LogP contribution in [0.5, 0.6) is 0 Å². The summed E-state index contributed by atoms with van der Waals surface area (Å²) in [5.74, 6) is 2.65. The predicted octanol–water partition coefficient (Wildman–Crippen LogP) is 0.721. The van der Waals surface area contributed by atoms with Gasteiger partial charge in [0.05, 0.1) is 0 Å². The lowest BCUT2D eigenvalue weighted by atomic mass is 10.4. The summed E-state index contributed by atoms with van der Waals surface area (Å²) >= 11 is 2.09. The fourth-order valence-corrected chi connectivity index (χ4v) is 3.41. The lowest BCUT2D eigenvalue weighted by Crippen LogP contribution is -2.39. The van der Waals surface area contributed by atoms with Crippen molar-refractivity contribution in [2.75, 3.05) is 63.9 Å². The lowest BCUT2D eigenvalue weighted by Gasteiger charge is -2.26. The molecule has 3 nitrogen and oxygen atoms in total. The zero-order valence-electron chi connectivity index (χ0n) is 10.3. The van der Waals surface area contributed by atoms with E-state index in [1.807, 2.05) is 0 Å². The van der Waals surface area contributed by atoms with E-state index in [1.54, 1.807) is 0 Å². The summed E-state index contributed by atoms with van der Waals surface area (Å²) in [7, 11) is 0. The average molecular weight is 243 g/mol. The predicted molar refractivity (Wildman–Crippen MR) is 72.3 cm³/mol. The molecule has 0 unspecified atom stereocenters. The number of nitrogens with zero attached hydrogens (tertiary/aromatic N) is 2. The molecule has 2 aliphatic rings. The number of hydrogen-bond donors (Lipinski definition) is 1. The van der Waals surface area contributed by atoms with Crippen LogP contribution in [-0.4, -0.2) is 73.7 Å². The van der Waals surface area contributed by atoms with Crippen LogP contribution in [0, 0.1) is 0 Å². The van der Waals surface area contributed by atoms with Crippen molar-refractivity contribution in [1.29, 1.82) is 0 Å². The van der Waals surface area contributed by atoms with Crippen LogP contribution in [-0.2, 0) is 0 Å². The largest absolute Gasteiger partial charge is 0.314 e. The Kier molecular flexibility index (Phi) is 5.97. The third kappa shape index (κ3) is 4.62. The van der Waals surface area contributed by atoms with Crippen LogP contribution in [0.3, 0.4) is 0 Å². The monoisotopic (exact) mass is 243 g/mol. The van der Waals surface area contributed by atoms with Gasteiger partial charge in [0, 0.05) is 50.8 Å². The van der Waals surface area contributed by atoms with Crippen LogP contribution in [0.25, 0.3) is 0 Å². The Balaban J connectivity index is 1.42. The Labute approximate surface area is 104 Å². The maximum atomic E-state index is 3.57. The zero-order chi connectivity index (χ0) is 11.1. The van der Waals surface area contributed by atoms with Crippen LogP contribution in [0.4, 0.5) is 0 Å². The van der Waals surface area contributed by atoms with E-state index in [2.05, 4.69) is 26.9 Å². The molecule has 0 bridgehead atoms. The smallest absolute Gasteiger partial charge is 0.0108 e. The second-order valence-corrected chi connectivity index (χ2v) is 5.98. The van der Waals surface area contributed by atoms with E-state index in [4.69, 9.17) is 0 Å². The average Bonchev–Trinajstić information content (AvgIpc) is 2.83. The molecule has 0 spiro atoms. The molecule has 0 radical (unpaired) electrons. The molecule has 0 aromatic carbocycles. The minimum atomic E-state index is 1.17. The van der Waals surface area contributed by atoms with Crippen LogP contribution < -0.4 is 5.32 Å². The highest BCUT2D eigenvalue weighted by Gasteiger charge is 2.11. The lowest BCUT2D eigenvalue weighted by molar-refractivity contribution is 0.292. The van der Waals surface area contributed by atoms with Crippen molar-refractivity contribution in [3.05, 3.63) is 0 Å². The summed E-state index contributed by atoms with van der Waals surface area (Å²) in [6.07, 6.45) is 2.82. The standard InChI is InChI=1S/C12H25N3S/c1-2-6-14(5-1)7-3-13-4-8-15-9-11-16-12-10-15/h13H,1-12H2. The molecule has 0 amide bonds. The second kappa shape index (κ2) is 7.54. The van der Waals surface area contributed by atoms with Crippen molar-refractivity contribution in [2.24, 2.45) is 0 Å². The van der Waals surface area contributed by atoms with Gasteiger partial charge in [-0.3, -0.25) is 0 Å². The fourth-order valence-electron chi connectivity index (χ4n) is 2.43. The van der Waals surface area contributed by atoms with Crippen molar-refractivity contribution in [3.8, 4) is 0 Å². The molecule has 2 aliphatic heterocycles. The Morgan fingerprint density at radius 1 is 0.812 bits per heavy atom. The second-order valence-electron chi connectivity index (χ2n) is 4.75. The van der Waals surface area contributed by atoms with Gasteiger partial charge in [-0.15, -0.1) is 0 Å².